The molecule has 3 aliphatic rings. The molecule has 3 aliphatic heterocycles. The lowest BCUT2D eigenvalue weighted by molar-refractivity contribution is -0.145. The van der Waals surface area contributed by atoms with Gasteiger partial charge in [-0.05, 0) is 33.1 Å². The van der Waals surface area contributed by atoms with E-state index in [4.69, 9.17) is 0 Å². The number of aromatic nitrogens is 3. The predicted octanol–water partition coefficient (Wildman–Crippen LogP) is 1.64. The van der Waals surface area contributed by atoms with Gasteiger partial charge in [0.1, 0.15) is 6.04 Å². The van der Waals surface area contributed by atoms with Crippen molar-refractivity contribution in [1.82, 2.24) is 24.4 Å². The van der Waals surface area contributed by atoms with E-state index in [0.29, 0.717) is 13.0 Å². The zero-order chi connectivity index (χ0) is 18.0. The van der Waals surface area contributed by atoms with Crippen LogP contribution in [0.1, 0.15) is 55.6 Å². The Hall–Kier alpha value is -2.44. The standard InChI is InChI=1S/C19H23N5O2/c1-11-8-17-20-10-14-15-6-5-13(9-16(14)24(17)21-11)23(15)19(26)12(2)22-7-3-4-18(22)25/h8,10,12-13,15H,3-7,9H2,1-2H3/t12-,13+,15-/m1/s1. The molecule has 2 amide bonds. The summed E-state index contributed by atoms with van der Waals surface area (Å²) in [4.78, 5) is 33.7. The summed E-state index contributed by atoms with van der Waals surface area (Å²) in [6.45, 7) is 4.54. The summed E-state index contributed by atoms with van der Waals surface area (Å²) in [6, 6.07) is 1.85. The van der Waals surface area contributed by atoms with Crippen molar-refractivity contribution < 1.29 is 9.59 Å². The highest BCUT2D eigenvalue weighted by molar-refractivity contribution is 5.89. The molecule has 26 heavy (non-hydrogen) atoms. The van der Waals surface area contributed by atoms with E-state index in [0.717, 1.165) is 42.6 Å². The molecule has 0 aliphatic carbocycles. The Morgan fingerprint density at radius 2 is 2.19 bits per heavy atom. The average Bonchev–Trinajstić information content (AvgIpc) is 3.30. The quantitative estimate of drug-likeness (QED) is 0.823. The normalized spacial score (nSPS) is 25.8. The van der Waals surface area contributed by atoms with Crippen molar-refractivity contribution in [3.8, 4) is 0 Å². The second-order valence-electron chi connectivity index (χ2n) is 7.78. The number of fused-ring (bicyclic) bond motifs is 6. The smallest absolute Gasteiger partial charge is 0.245 e. The van der Waals surface area contributed by atoms with E-state index in [2.05, 4.69) is 10.1 Å². The van der Waals surface area contributed by atoms with Crippen LogP contribution in [-0.2, 0) is 16.0 Å². The van der Waals surface area contributed by atoms with Crippen LogP contribution in [0.4, 0.5) is 0 Å². The first-order chi connectivity index (χ1) is 12.5. The lowest BCUT2D eigenvalue weighted by atomic mass is 9.98. The fourth-order valence-corrected chi connectivity index (χ4v) is 4.96. The Morgan fingerprint density at radius 3 is 2.96 bits per heavy atom. The van der Waals surface area contributed by atoms with Crippen LogP contribution in [0.15, 0.2) is 12.3 Å². The minimum absolute atomic E-state index is 0.0535. The molecule has 0 aromatic carbocycles. The zero-order valence-electron chi connectivity index (χ0n) is 15.2. The van der Waals surface area contributed by atoms with Gasteiger partial charge in [-0.25, -0.2) is 9.50 Å². The van der Waals surface area contributed by atoms with Gasteiger partial charge in [0.05, 0.1) is 17.4 Å². The number of hydrogen-bond acceptors (Lipinski definition) is 4. The van der Waals surface area contributed by atoms with Crippen LogP contribution in [0, 0.1) is 6.92 Å². The molecule has 0 N–H and O–H groups in total. The molecule has 2 saturated heterocycles. The molecule has 7 heteroatoms. The largest absolute Gasteiger partial charge is 0.331 e. The molecule has 0 saturated carbocycles. The summed E-state index contributed by atoms with van der Waals surface area (Å²) in [5.74, 6) is 0.182. The number of carbonyl (C=O) groups is 2. The predicted molar refractivity (Wildman–Crippen MR) is 94.4 cm³/mol. The number of hydrogen-bond donors (Lipinski definition) is 0. The van der Waals surface area contributed by atoms with Crippen molar-refractivity contribution in [3.63, 3.8) is 0 Å². The number of nitrogens with zero attached hydrogens (tertiary/aromatic N) is 5. The van der Waals surface area contributed by atoms with Crippen molar-refractivity contribution in [2.24, 2.45) is 0 Å². The second kappa shape index (κ2) is 5.53. The van der Waals surface area contributed by atoms with Gasteiger partial charge in [0.15, 0.2) is 5.65 Å². The maximum Gasteiger partial charge on any atom is 0.245 e. The third-order valence-electron chi connectivity index (χ3n) is 6.22. The number of carbonyl (C=O) groups excluding carboxylic acids is 2. The zero-order valence-corrected chi connectivity index (χ0v) is 15.2. The molecular formula is C19H23N5O2. The van der Waals surface area contributed by atoms with E-state index in [1.807, 2.05) is 35.5 Å². The van der Waals surface area contributed by atoms with Crippen LogP contribution in [0.2, 0.25) is 0 Å². The van der Waals surface area contributed by atoms with Gasteiger partial charge < -0.3 is 9.80 Å². The van der Waals surface area contributed by atoms with E-state index in [-0.39, 0.29) is 29.9 Å². The Balaban J connectivity index is 1.50. The molecule has 2 aromatic rings. The highest BCUT2D eigenvalue weighted by atomic mass is 16.2. The van der Waals surface area contributed by atoms with Crippen molar-refractivity contribution in [2.75, 3.05) is 6.54 Å². The van der Waals surface area contributed by atoms with Crippen LogP contribution in [-0.4, -0.2) is 54.8 Å². The summed E-state index contributed by atoms with van der Waals surface area (Å²) in [5, 5.41) is 4.60. The van der Waals surface area contributed by atoms with Crippen molar-refractivity contribution >= 4 is 17.5 Å². The van der Waals surface area contributed by atoms with Gasteiger partial charge >= 0.3 is 0 Å². The Bertz CT molecular complexity index is 920. The topological polar surface area (TPSA) is 70.8 Å². The molecule has 3 atom stereocenters. The first-order valence-corrected chi connectivity index (χ1v) is 9.50. The Morgan fingerprint density at radius 1 is 1.35 bits per heavy atom. The Kier molecular flexibility index (Phi) is 3.36. The van der Waals surface area contributed by atoms with Crippen LogP contribution < -0.4 is 0 Å². The second-order valence-corrected chi connectivity index (χ2v) is 7.78. The first kappa shape index (κ1) is 15.8. The monoisotopic (exact) mass is 353 g/mol. The van der Waals surface area contributed by atoms with Gasteiger partial charge in [-0.15, -0.1) is 0 Å². The molecule has 2 bridgehead atoms. The molecule has 0 spiro atoms. The van der Waals surface area contributed by atoms with Gasteiger partial charge in [0.25, 0.3) is 0 Å². The van der Waals surface area contributed by atoms with Crippen LogP contribution in [0.3, 0.4) is 0 Å². The van der Waals surface area contributed by atoms with Crippen LogP contribution >= 0.6 is 0 Å². The molecule has 7 nitrogen and oxygen atoms in total. The highest BCUT2D eigenvalue weighted by Crippen LogP contribution is 2.44. The fraction of sp³-hybridized carbons (Fsp3) is 0.579. The molecule has 136 valence electrons. The number of likely N-dealkylation sites (tertiary alicyclic amines) is 1. The summed E-state index contributed by atoms with van der Waals surface area (Å²) < 4.78 is 1.95. The summed E-state index contributed by atoms with van der Waals surface area (Å²) in [5.41, 5.74) is 4.13. The molecule has 2 aromatic heterocycles. The van der Waals surface area contributed by atoms with Gasteiger partial charge in [-0.2, -0.15) is 5.10 Å². The van der Waals surface area contributed by atoms with Crippen molar-refractivity contribution in [3.05, 3.63) is 29.2 Å². The average molecular weight is 353 g/mol. The van der Waals surface area contributed by atoms with Crippen molar-refractivity contribution in [1.29, 1.82) is 0 Å². The molecule has 5 rings (SSSR count). The van der Waals surface area contributed by atoms with Crippen molar-refractivity contribution in [2.45, 2.75) is 64.1 Å². The molecule has 0 radical (unpaired) electrons. The lowest BCUT2D eigenvalue weighted by Gasteiger charge is -2.39. The van der Waals surface area contributed by atoms with Gasteiger partial charge in [-0.3, -0.25) is 9.59 Å². The van der Waals surface area contributed by atoms with E-state index in [9.17, 15) is 9.59 Å². The maximum atomic E-state index is 13.3. The third kappa shape index (κ3) is 2.12. The SMILES string of the molecule is Cc1cc2ncc3c(n2n1)C[C@@H]1CC[C@H]3N1C(=O)[C@@H](C)N1CCCC1=O. The number of amides is 2. The van der Waals surface area contributed by atoms with E-state index in [1.165, 1.54) is 5.69 Å². The first-order valence-electron chi connectivity index (χ1n) is 9.50. The van der Waals surface area contributed by atoms with Gasteiger partial charge in [-0.1, -0.05) is 0 Å². The molecule has 2 fully saturated rings. The van der Waals surface area contributed by atoms with E-state index >= 15 is 0 Å². The van der Waals surface area contributed by atoms with Crippen LogP contribution in [0.25, 0.3) is 5.65 Å². The maximum absolute atomic E-state index is 13.3. The number of aryl methyl sites for hydroxylation is 1. The third-order valence-corrected chi connectivity index (χ3v) is 6.22. The summed E-state index contributed by atoms with van der Waals surface area (Å²) in [7, 11) is 0. The molecule has 0 unspecified atom stereocenters. The summed E-state index contributed by atoms with van der Waals surface area (Å²) >= 11 is 0. The van der Waals surface area contributed by atoms with E-state index < -0.39 is 0 Å². The minimum Gasteiger partial charge on any atom is -0.331 e. The number of rotatable bonds is 2. The van der Waals surface area contributed by atoms with Gasteiger partial charge in [0, 0.05) is 43.3 Å². The van der Waals surface area contributed by atoms with Crippen LogP contribution in [0.5, 0.6) is 0 Å². The highest BCUT2D eigenvalue weighted by Gasteiger charge is 2.46. The summed E-state index contributed by atoms with van der Waals surface area (Å²) in [6.07, 6.45) is 6.09. The fourth-order valence-electron chi connectivity index (χ4n) is 4.96. The Labute approximate surface area is 152 Å². The molecular weight excluding hydrogens is 330 g/mol. The minimum atomic E-state index is -0.377. The lowest BCUT2D eigenvalue weighted by Crippen LogP contribution is -2.51. The van der Waals surface area contributed by atoms with Gasteiger partial charge in [0.2, 0.25) is 11.8 Å². The molecule has 5 heterocycles. The van der Waals surface area contributed by atoms with E-state index in [1.54, 1.807) is 4.90 Å².